The monoisotopic (exact) mass is 477 g/mol. The Morgan fingerprint density at radius 2 is 1.76 bits per heavy atom. The first-order chi connectivity index (χ1) is 16.1. The number of epoxide rings is 2. The predicted octanol–water partition coefficient (Wildman–Crippen LogP) is 2.32. The second-order valence-electron chi connectivity index (χ2n) is 10.7. The van der Waals surface area contributed by atoms with E-state index in [1.165, 1.54) is 38.7 Å². The molecule has 190 valence electrons. The van der Waals surface area contributed by atoms with Crippen molar-refractivity contribution < 1.29 is 34.0 Å². The number of amides is 1. The largest absolute Gasteiger partial charge is 0.384 e. The molecule has 0 aromatic carbocycles. The van der Waals surface area contributed by atoms with Crippen molar-refractivity contribution in [2.75, 3.05) is 0 Å². The van der Waals surface area contributed by atoms with Gasteiger partial charge in [0.25, 0.3) is 0 Å². The van der Waals surface area contributed by atoms with Gasteiger partial charge in [-0.1, -0.05) is 57.3 Å². The van der Waals surface area contributed by atoms with Crippen LogP contribution in [0.2, 0.25) is 0 Å². The summed E-state index contributed by atoms with van der Waals surface area (Å²) in [5, 5.41) is 24.3. The fourth-order valence-electron chi connectivity index (χ4n) is 5.86. The maximum Gasteiger partial charge on any atom is 0.244 e. The third-order valence-electron chi connectivity index (χ3n) is 7.57. The van der Waals surface area contributed by atoms with E-state index in [1.54, 1.807) is 6.08 Å². The zero-order valence-electron chi connectivity index (χ0n) is 20.7. The SMILES string of the molecule is CCCCCC[C@H](C)/C=C(C)/C=C\C(=O)N[C@@H]1CC2(O[C@H]1O)[C@@H]1O[C@@H]1C(O)(CC(C)=O)[C@H]1O[C@H]12. The minimum absolute atomic E-state index is 0.0385. The van der Waals surface area contributed by atoms with Gasteiger partial charge >= 0.3 is 0 Å². The van der Waals surface area contributed by atoms with Gasteiger partial charge in [-0.05, 0) is 26.2 Å². The van der Waals surface area contributed by atoms with E-state index >= 15 is 0 Å². The molecule has 0 radical (unpaired) electrons. The second-order valence-corrected chi connectivity index (χ2v) is 10.7. The number of ether oxygens (including phenoxy) is 3. The fourth-order valence-corrected chi connectivity index (χ4v) is 5.86. The smallest absolute Gasteiger partial charge is 0.244 e. The third kappa shape index (κ3) is 5.02. The molecular formula is C26H39NO7. The Morgan fingerprint density at radius 3 is 2.38 bits per heavy atom. The number of nitrogens with one attached hydrogen (secondary N) is 1. The summed E-state index contributed by atoms with van der Waals surface area (Å²) in [6.07, 6.45) is 8.54. The standard InChI is InChI=1S/C26H39NO7/c1-5-6-7-8-9-15(2)12-16(3)10-11-19(29)27-18-14-26(34-24(18)30)22-20(32-22)25(31,13-17(4)28)21-23(26)33-21/h10-12,15,18,20-24,30-31H,5-9,13-14H2,1-4H3,(H,27,29)/b11-10-,16-12+/t15-,18+,20-,21-,22+,23+,24+,25?,26?/m0/s1. The minimum Gasteiger partial charge on any atom is -0.384 e. The first-order valence-corrected chi connectivity index (χ1v) is 12.7. The third-order valence-corrected chi connectivity index (χ3v) is 7.57. The van der Waals surface area contributed by atoms with Gasteiger partial charge in [0.2, 0.25) is 5.91 Å². The topological polar surface area (TPSA) is 121 Å². The van der Waals surface area contributed by atoms with Crippen molar-refractivity contribution in [2.24, 2.45) is 5.92 Å². The van der Waals surface area contributed by atoms with Crippen molar-refractivity contribution in [3.8, 4) is 0 Å². The van der Waals surface area contributed by atoms with Crippen LogP contribution in [0.25, 0.3) is 0 Å². The van der Waals surface area contributed by atoms with Gasteiger partial charge in [-0.25, -0.2) is 0 Å². The quantitative estimate of drug-likeness (QED) is 0.181. The molecule has 8 heteroatoms. The zero-order valence-corrected chi connectivity index (χ0v) is 20.7. The highest BCUT2D eigenvalue weighted by molar-refractivity contribution is 5.88. The highest BCUT2D eigenvalue weighted by Crippen LogP contribution is 2.62. The van der Waals surface area contributed by atoms with E-state index in [9.17, 15) is 19.8 Å². The van der Waals surface area contributed by atoms with Gasteiger partial charge < -0.3 is 29.7 Å². The number of aliphatic hydroxyl groups excluding tert-OH is 1. The van der Waals surface area contributed by atoms with Crippen LogP contribution in [0.4, 0.5) is 0 Å². The van der Waals surface area contributed by atoms with E-state index in [0.717, 1.165) is 12.0 Å². The summed E-state index contributed by atoms with van der Waals surface area (Å²) < 4.78 is 17.4. The molecule has 3 N–H and O–H groups in total. The van der Waals surface area contributed by atoms with E-state index in [1.807, 2.05) is 6.92 Å². The number of aliphatic hydroxyl groups is 2. The minimum atomic E-state index is -1.36. The molecule has 4 rings (SSSR count). The molecule has 1 spiro atoms. The number of carbonyl (C=O) groups is 2. The van der Waals surface area contributed by atoms with Crippen molar-refractivity contribution in [1.82, 2.24) is 5.32 Å². The maximum absolute atomic E-state index is 12.5. The molecular weight excluding hydrogens is 438 g/mol. The number of allylic oxidation sites excluding steroid dienone is 3. The van der Waals surface area contributed by atoms with E-state index in [4.69, 9.17) is 14.2 Å². The van der Waals surface area contributed by atoms with Crippen LogP contribution in [0.1, 0.15) is 72.6 Å². The molecule has 3 aliphatic heterocycles. The van der Waals surface area contributed by atoms with E-state index in [2.05, 4.69) is 25.2 Å². The summed E-state index contributed by atoms with van der Waals surface area (Å²) in [5.74, 6) is 0.0142. The van der Waals surface area contributed by atoms with E-state index in [-0.39, 0.29) is 18.1 Å². The number of rotatable bonds is 11. The molecule has 7 atom stereocenters. The number of unbranched alkanes of at least 4 members (excludes halogenated alkanes) is 3. The number of ketones is 1. The lowest BCUT2D eigenvalue weighted by Gasteiger charge is -2.33. The van der Waals surface area contributed by atoms with Gasteiger partial charge in [0, 0.05) is 18.9 Å². The average Bonchev–Trinajstić information content (AvgIpc) is 3.66. The van der Waals surface area contributed by atoms with Crippen LogP contribution >= 0.6 is 0 Å². The summed E-state index contributed by atoms with van der Waals surface area (Å²) in [5.41, 5.74) is -1.26. The van der Waals surface area contributed by atoms with Crippen LogP contribution in [-0.4, -0.2) is 69.9 Å². The zero-order chi connectivity index (χ0) is 24.7. The van der Waals surface area contributed by atoms with E-state index in [0.29, 0.717) is 12.3 Å². The molecule has 0 aromatic rings. The Kier molecular flexibility index (Phi) is 7.37. The fraction of sp³-hybridized carbons (Fsp3) is 0.769. The summed E-state index contributed by atoms with van der Waals surface area (Å²) in [7, 11) is 0. The van der Waals surface area contributed by atoms with E-state index < -0.39 is 47.9 Å². The molecule has 0 unspecified atom stereocenters. The van der Waals surface area contributed by atoms with Crippen LogP contribution < -0.4 is 5.32 Å². The van der Waals surface area contributed by atoms with Gasteiger partial charge in [-0.3, -0.25) is 9.59 Å². The van der Waals surface area contributed by atoms with Gasteiger partial charge in [0.05, 0.1) is 6.04 Å². The molecule has 8 nitrogen and oxygen atoms in total. The Balaban J connectivity index is 1.29. The second kappa shape index (κ2) is 9.82. The van der Waals surface area contributed by atoms with Crippen LogP contribution in [0.3, 0.4) is 0 Å². The average molecular weight is 478 g/mol. The van der Waals surface area contributed by atoms with Crippen LogP contribution in [0.5, 0.6) is 0 Å². The summed E-state index contributed by atoms with van der Waals surface area (Å²) in [6.45, 7) is 7.81. The summed E-state index contributed by atoms with van der Waals surface area (Å²) in [4.78, 5) is 24.1. The van der Waals surface area contributed by atoms with Gasteiger partial charge in [0.1, 0.15) is 41.4 Å². The highest BCUT2D eigenvalue weighted by atomic mass is 16.7. The number of Topliss-reactive ketones (excluding diaryl/α,β-unsaturated/α-hetero) is 1. The van der Waals surface area contributed by atoms with Crippen molar-refractivity contribution >= 4 is 11.7 Å². The summed E-state index contributed by atoms with van der Waals surface area (Å²) >= 11 is 0. The molecule has 4 fully saturated rings. The predicted molar refractivity (Wildman–Crippen MR) is 125 cm³/mol. The molecule has 1 saturated carbocycles. The lowest BCUT2D eigenvalue weighted by molar-refractivity contribution is -0.161. The normalized spacial score (nSPS) is 41.3. The van der Waals surface area contributed by atoms with Gasteiger partial charge in [-0.2, -0.15) is 0 Å². The Morgan fingerprint density at radius 1 is 1.09 bits per heavy atom. The summed E-state index contributed by atoms with van der Waals surface area (Å²) in [6, 6.07) is -0.618. The molecule has 0 aromatic heterocycles. The Labute approximate surface area is 201 Å². The maximum atomic E-state index is 12.5. The van der Waals surface area contributed by atoms with Gasteiger partial charge in [0.15, 0.2) is 6.29 Å². The number of fused-ring (bicyclic) bond motifs is 4. The van der Waals surface area contributed by atoms with Crippen LogP contribution in [0.15, 0.2) is 23.8 Å². The molecule has 34 heavy (non-hydrogen) atoms. The van der Waals surface area contributed by atoms with Crippen molar-refractivity contribution in [3.63, 3.8) is 0 Å². The van der Waals surface area contributed by atoms with Crippen molar-refractivity contribution in [1.29, 1.82) is 0 Å². The van der Waals surface area contributed by atoms with Crippen LogP contribution in [0, 0.1) is 5.92 Å². The number of carbonyl (C=O) groups excluding carboxylic acids is 2. The molecule has 0 bridgehead atoms. The van der Waals surface area contributed by atoms with Gasteiger partial charge in [-0.15, -0.1) is 0 Å². The highest BCUT2D eigenvalue weighted by Gasteiger charge is 2.83. The molecule has 3 saturated heterocycles. The Bertz CT molecular complexity index is 834. The van der Waals surface area contributed by atoms with Crippen molar-refractivity contribution in [3.05, 3.63) is 23.8 Å². The van der Waals surface area contributed by atoms with Crippen LogP contribution in [-0.2, 0) is 23.8 Å². The lowest BCUT2D eigenvalue weighted by Crippen LogP contribution is -2.57. The number of hydrogen-bond donors (Lipinski definition) is 3. The Hall–Kier alpha value is -1.58. The molecule has 3 heterocycles. The lowest BCUT2D eigenvalue weighted by atomic mass is 9.72. The first-order valence-electron chi connectivity index (χ1n) is 12.7. The molecule has 4 aliphatic rings. The first kappa shape index (κ1) is 25.5. The molecule has 1 amide bonds. The van der Waals surface area contributed by atoms with Crippen molar-refractivity contribution in [2.45, 2.75) is 121 Å². The molecule has 1 aliphatic carbocycles. The number of hydrogen-bond acceptors (Lipinski definition) is 7.